The van der Waals surface area contributed by atoms with Crippen LogP contribution >= 0.6 is 56.5 Å². The third-order valence-electron chi connectivity index (χ3n) is 7.46. The van der Waals surface area contributed by atoms with Crippen molar-refractivity contribution in [3.63, 3.8) is 0 Å². The number of allylic oxidation sites excluding steroid dienone is 1. The first-order valence-electron chi connectivity index (χ1n) is 14.7. The van der Waals surface area contributed by atoms with Gasteiger partial charge in [-0.3, -0.25) is 14.2 Å². The Hall–Kier alpha value is -3.82. The number of halogens is 3. The molecule has 11 heteroatoms. The van der Waals surface area contributed by atoms with Crippen molar-refractivity contribution in [3.8, 4) is 11.5 Å². The number of thiazole rings is 1. The van der Waals surface area contributed by atoms with Crippen molar-refractivity contribution in [1.29, 1.82) is 0 Å². The van der Waals surface area contributed by atoms with Crippen molar-refractivity contribution in [2.45, 2.75) is 26.5 Å². The van der Waals surface area contributed by atoms with Crippen LogP contribution in [0, 0.1) is 13.0 Å². The molecule has 2 heterocycles. The number of rotatable bonds is 9. The first-order chi connectivity index (χ1) is 22.7. The van der Waals surface area contributed by atoms with E-state index in [1.54, 1.807) is 35.8 Å². The van der Waals surface area contributed by atoms with Gasteiger partial charge in [0, 0.05) is 20.4 Å². The second-order valence-corrected chi connectivity index (χ2v) is 14.0. The Kier molecular flexibility index (Phi) is 10.2. The molecule has 1 amide bonds. The Morgan fingerprint density at radius 1 is 1.02 bits per heavy atom. The van der Waals surface area contributed by atoms with Crippen LogP contribution in [0.3, 0.4) is 0 Å². The lowest BCUT2D eigenvalue weighted by molar-refractivity contribution is -0.113. The Labute approximate surface area is 301 Å². The lowest BCUT2D eigenvalue weighted by atomic mass is 9.95. The fourth-order valence-corrected chi connectivity index (χ4v) is 8.39. The number of nitrogens with zero attached hydrogens (tertiary/aromatic N) is 2. The summed E-state index contributed by atoms with van der Waals surface area (Å²) in [5.74, 6) is 0.541. The van der Waals surface area contributed by atoms with Gasteiger partial charge >= 0.3 is 0 Å². The van der Waals surface area contributed by atoms with Crippen molar-refractivity contribution >= 4 is 74.2 Å². The molecule has 47 heavy (non-hydrogen) atoms. The molecule has 0 saturated carbocycles. The molecule has 5 aromatic rings. The van der Waals surface area contributed by atoms with Gasteiger partial charge in [0.15, 0.2) is 4.80 Å². The number of nitrogens with one attached hydrogen (secondary N) is 1. The van der Waals surface area contributed by atoms with E-state index >= 15 is 0 Å². The average Bonchev–Trinajstić information content (AvgIpc) is 3.35. The van der Waals surface area contributed by atoms with E-state index in [9.17, 15) is 14.0 Å². The minimum Gasteiger partial charge on any atom is -0.494 e. The Balaban J connectivity index is 1.46. The van der Waals surface area contributed by atoms with E-state index in [-0.39, 0.29) is 23.9 Å². The topological polar surface area (TPSA) is 81.9 Å². The molecule has 238 valence electrons. The summed E-state index contributed by atoms with van der Waals surface area (Å²) in [6, 6.07) is 26.2. The van der Waals surface area contributed by atoms with Gasteiger partial charge in [0.05, 0.1) is 32.0 Å². The van der Waals surface area contributed by atoms with Crippen LogP contribution in [0.25, 0.3) is 6.08 Å². The van der Waals surface area contributed by atoms with Crippen molar-refractivity contribution in [2.75, 3.05) is 11.9 Å². The molecule has 0 radical (unpaired) electrons. The molecule has 0 unspecified atom stereocenters. The third-order valence-corrected chi connectivity index (χ3v) is 9.87. The number of fused-ring (bicyclic) bond motifs is 1. The maximum absolute atomic E-state index is 14.4. The molecule has 7 nitrogen and oxygen atoms in total. The molecule has 0 fully saturated rings. The van der Waals surface area contributed by atoms with E-state index < -0.39 is 6.04 Å². The zero-order chi connectivity index (χ0) is 33.1. The van der Waals surface area contributed by atoms with Gasteiger partial charge in [0.1, 0.15) is 23.9 Å². The number of hydrogen-bond acceptors (Lipinski definition) is 6. The summed E-state index contributed by atoms with van der Waals surface area (Å²) in [7, 11) is 0. The molecular formula is C36H28FI2N3O4S. The van der Waals surface area contributed by atoms with Crippen LogP contribution in [0.5, 0.6) is 11.5 Å². The van der Waals surface area contributed by atoms with Gasteiger partial charge in [-0.2, -0.15) is 0 Å². The van der Waals surface area contributed by atoms with Crippen molar-refractivity contribution in [3.05, 3.63) is 152 Å². The summed E-state index contributed by atoms with van der Waals surface area (Å²) in [6.07, 6.45) is 1.78. The number of carbonyl (C=O) groups excluding carboxylic acids is 1. The summed E-state index contributed by atoms with van der Waals surface area (Å²) in [4.78, 5) is 33.4. The van der Waals surface area contributed by atoms with Gasteiger partial charge in [0.25, 0.3) is 11.5 Å². The predicted molar refractivity (Wildman–Crippen MR) is 199 cm³/mol. The largest absolute Gasteiger partial charge is 0.494 e. The Morgan fingerprint density at radius 3 is 2.47 bits per heavy atom. The molecule has 0 bridgehead atoms. The fraction of sp³-hybridized carbons (Fsp3) is 0.139. The van der Waals surface area contributed by atoms with Crippen LogP contribution in [-0.2, 0) is 11.4 Å². The van der Waals surface area contributed by atoms with Gasteiger partial charge in [-0.15, -0.1) is 0 Å². The summed E-state index contributed by atoms with van der Waals surface area (Å²) >= 11 is 5.65. The number of amides is 1. The zero-order valence-electron chi connectivity index (χ0n) is 25.3. The molecule has 1 aromatic heterocycles. The number of para-hydroxylation sites is 1. The number of ether oxygens (including phenoxy) is 2. The highest BCUT2D eigenvalue weighted by Gasteiger charge is 2.32. The molecule has 0 aliphatic carbocycles. The van der Waals surface area contributed by atoms with Crippen LogP contribution in [0.15, 0.2) is 112 Å². The van der Waals surface area contributed by atoms with E-state index in [4.69, 9.17) is 14.5 Å². The van der Waals surface area contributed by atoms with Crippen LogP contribution in [-0.4, -0.2) is 17.1 Å². The molecule has 6 rings (SSSR count). The monoisotopic (exact) mass is 871 g/mol. The first-order valence-corrected chi connectivity index (χ1v) is 17.7. The molecular weight excluding hydrogens is 843 g/mol. The zero-order valence-corrected chi connectivity index (χ0v) is 30.4. The molecule has 0 spiro atoms. The SMILES string of the molecule is CCOc1ccc([C@@H]2C(C(=O)Nc3ccccc3)=C(C)N=c3s/c(=C\c4cc(I)cc(I)c4OCc4ccccc4F)c(=O)n32)cc1. The second-order valence-electron chi connectivity index (χ2n) is 10.6. The third kappa shape index (κ3) is 7.21. The normalized spacial score (nSPS) is 14.4. The van der Waals surface area contributed by atoms with E-state index in [0.29, 0.717) is 55.5 Å². The van der Waals surface area contributed by atoms with Crippen molar-refractivity contribution in [2.24, 2.45) is 4.99 Å². The maximum atomic E-state index is 14.4. The first kappa shape index (κ1) is 33.1. The second kappa shape index (κ2) is 14.5. The minimum atomic E-state index is -0.736. The number of benzene rings is 4. The summed E-state index contributed by atoms with van der Waals surface area (Å²) in [5, 5.41) is 2.98. The highest BCUT2D eigenvalue weighted by atomic mass is 127. The summed E-state index contributed by atoms with van der Waals surface area (Å²) in [5.41, 5.74) is 3.08. The van der Waals surface area contributed by atoms with Gasteiger partial charge < -0.3 is 14.8 Å². The number of anilines is 1. The van der Waals surface area contributed by atoms with Crippen LogP contribution in [0.2, 0.25) is 0 Å². The van der Waals surface area contributed by atoms with E-state index in [1.807, 2.05) is 73.7 Å². The number of aromatic nitrogens is 1. The molecule has 4 aromatic carbocycles. The lowest BCUT2D eigenvalue weighted by Crippen LogP contribution is -2.40. The lowest BCUT2D eigenvalue weighted by Gasteiger charge is -2.25. The summed E-state index contributed by atoms with van der Waals surface area (Å²) in [6.45, 7) is 4.24. The minimum absolute atomic E-state index is 0.0299. The highest BCUT2D eigenvalue weighted by Crippen LogP contribution is 2.33. The van der Waals surface area contributed by atoms with Gasteiger partial charge in [-0.05, 0) is 113 Å². The maximum Gasteiger partial charge on any atom is 0.271 e. The number of hydrogen-bond donors (Lipinski definition) is 1. The standard InChI is InChI=1S/C36H28FI2N3O4S/c1-3-45-27-15-13-22(14-16-27)32-31(34(43)41-26-10-5-4-6-11-26)21(2)40-36-42(32)35(44)30(47-36)18-24-17-25(38)19-29(39)33(24)46-20-23-9-7-8-12-28(23)37/h4-19,32H,3,20H2,1-2H3,(H,41,43)/b30-18-/t32-/m1/s1. The molecule has 1 atom stereocenters. The quantitative estimate of drug-likeness (QED) is 0.159. The van der Waals surface area contributed by atoms with E-state index in [2.05, 4.69) is 50.5 Å². The van der Waals surface area contributed by atoms with Gasteiger partial charge in [0.2, 0.25) is 0 Å². The Bertz CT molecular complexity index is 2180. The fourth-order valence-electron chi connectivity index (χ4n) is 5.31. The Morgan fingerprint density at radius 2 is 1.74 bits per heavy atom. The van der Waals surface area contributed by atoms with Gasteiger partial charge in [-0.25, -0.2) is 9.38 Å². The van der Waals surface area contributed by atoms with Crippen LogP contribution in [0.1, 0.15) is 36.6 Å². The van der Waals surface area contributed by atoms with E-state index in [0.717, 1.165) is 12.7 Å². The smallest absolute Gasteiger partial charge is 0.271 e. The molecule has 0 saturated heterocycles. The van der Waals surface area contributed by atoms with Crippen LogP contribution < -0.4 is 29.7 Å². The number of carbonyl (C=O) groups is 1. The van der Waals surface area contributed by atoms with E-state index in [1.165, 1.54) is 17.4 Å². The average molecular weight is 872 g/mol. The molecule has 1 N–H and O–H groups in total. The van der Waals surface area contributed by atoms with Crippen molar-refractivity contribution < 1.29 is 18.7 Å². The molecule has 1 aliphatic rings. The highest BCUT2D eigenvalue weighted by molar-refractivity contribution is 14.1. The van der Waals surface area contributed by atoms with Crippen molar-refractivity contribution in [1.82, 2.24) is 4.57 Å². The molecule has 1 aliphatic heterocycles. The summed E-state index contributed by atoms with van der Waals surface area (Å²) < 4.78 is 30.0. The van der Waals surface area contributed by atoms with Crippen LogP contribution in [0.4, 0.5) is 10.1 Å². The van der Waals surface area contributed by atoms with Gasteiger partial charge in [-0.1, -0.05) is 59.9 Å². The predicted octanol–water partition coefficient (Wildman–Crippen LogP) is 7.20.